The van der Waals surface area contributed by atoms with Gasteiger partial charge in [0, 0.05) is 38.1 Å². The molecule has 134 valence electrons. The minimum absolute atomic E-state index is 0.189. The first kappa shape index (κ1) is 17.6. The number of piperidine rings is 1. The highest BCUT2D eigenvalue weighted by atomic mass is 16.5. The van der Waals surface area contributed by atoms with Gasteiger partial charge in [0.25, 0.3) is 5.56 Å². The van der Waals surface area contributed by atoms with E-state index in [2.05, 4.69) is 14.9 Å². The van der Waals surface area contributed by atoms with Crippen LogP contribution in [0.15, 0.2) is 40.2 Å². The van der Waals surface area contributed by atoms with Crippen molar-refractivity contribution in [3.05, 3.63) is 62.7 Å². The van der Waals surface area contributed by atoms with Crippen molar-refractivity contribution in [3.63, 3.8) is 0 Å². The highest BCUT2D eigenvalue weighted by Gasteiger charge is 2.20. The van der Waals surface area contributed by atoms with Crippen LogP contribution in [0.4, 0.5) is 0 Å². The number of hydrogen-bond donors (Lipinski definition) is 1. The van der Waals surface area contributed by atoms with Crippen LogP contribution in [0.1, 0.15) is 24.1 Å². The van der Waals surface area contributed by atoms with Gasteiger partial charge in [-0.25, -0.2) is 4.79 Å². The molecule has 1 saturated heterocycles. The lowest BCUT2D eigenvalue weighted by molar-refractivity contribution is -0.0109. The van der Waals surface area contributed by atoms with Gasteiger partial charge in [-0.1, -0.05) is 6.07 Å². The van der Waals surface area contributed by atoms with Crippen LogP contribution in [-0.2, 0) is 24.8 Å². The molecular formula is C18H24N4O3. The SMILES string of the molecule is Cn1c(=O)[nH]cc(CCN2CCCC(OCc3ccccn3)C2)c1=O. The van der Waals surface area contributed by atoms with Crippen LogP contribution in [-0.4, -0.2) is 45.2 Å². The van der Waals surface area contributed by atoms with E-state index in [0.29, 0.717) is 18.6 Å². The highest BCUT2D eigenvalue weighted by Crippen LogP contribution is 2.15. The Hall–Kier alpha value is -2.25. The maximum atomic E-state index is 12.1. The van der Waals surface area contributed by atoms with E-state index >= 15 is 0 Å². The fraction of sp³-hybridized carbons (Fsp3) is 0.500. The number of pyridine rings is 1. The molecule has 0 aliphatic carbocycles. The van der Waals surface area contributed by atoms with Crippen molar-refractivity contribution in [1.29, 1.82) is 0 Å². The van der Waals surface area contributed by atoms with Crippen LogP contribution in [0.5, 0.6) is 0 Å². The third kappa shape index (κ3) is 4.64. The molecule has 0 amide bonds. The second kappa shape index (κ2) is 8.22. The Kier molecular flexibility index (Phi) is 5.78. The van der Waals surface area contributed by atoms with Crippen molar-refractivity contribution in [2.45, 2.75) is 32.0 Å². The normalized spacial score (nSPS) is 18.4. The lowest BCUT2D eigenvalue weighted by Gasteiger charge is -2.32. The van der Waals surface area contributed by atoms with Crippen LogP contribution in [0.25, 0.3) is 0 Å². The first-order chi connectivity index (χ1) is 12.1. The van der Waals surface area contributed by atoms with Gasteiger partial charge in [-0.05, 0) is 37.9 Å². The summed E-state index contributed by atoms with van der Waals surface area (Å²) >= 11 is 0. The summed E-state index contributed by atoms with van der Waals surface area (Å²) in [7, 11) is 1.49. The van der Waals surface area contributed by atoms with Crippen LogP contribution in [0, 0.1) is 0 Å². The molecule has 1 N–H and O–H groups in total. The molecular weight excluding hydrogens is 320 g/mol. The van der Waals surface area contributed by atoms with E-state index in [1.54, 1.807) is 6.20 Å². The Bertz CT molecular complexity index is 800. The molecule has 1 aliphatic rings. The summed E-state index contributed by atoms with van der Waals surface area (Å²) < 4.78 is 7.11. The van der Waals surface area contributed by atoms with E-state index < -0.39 is 0 Å². The van der Waals surface area contributed by atoms with Crippen LogP contribution in [0.3, 0.4) is 0 Å². The molecule has 0 bridgehead atoms. The van der Waals surface area contributed by atoms with Crippen molar-refractivity contribution >= 4 is 0 Å². The molecule has 25 heavy (non-hydrogen) atoms. The van der Waals surface area contributed by atoms with Crippen molar-refractivity contribution < 1.29 is 4.74 Å². The number of aromatic nitrogens is 3. The molecule has 1 fully saturated rings. The number of nitrogens with zero attached hydrogens (tertiary/aromatic N) is 3. The molecule has 2 aromatic rings. The topological polar surface area (TPSA) is 80.2 Å². The Balaban J connectivity index is 1.51. The van der Waals surface area contributed by atoms with E-state index in [1.165, 1.54) is 13.2 Å². The Morgan fingerprint density at radius 2 is 2.24 bits per heavy atom. The second-order valence-corrected chi connectivity index (χ2v) is 6.43. The predicted molar refractivity (Wildman–Crippen MR) is 94.5 cm³/mol. The summed E-state index contributed by atoms with van der Waals surface area (Å²) in [6.45, 7) is 3.17. The van der Waals surface area contributed by atoms with Gasteiger partial charge in [-0.2, -0.15) is 0 Å². The van der Waals surface area contributed by atoms with Crippen LogP contribution in [0.2, 0.25) is 0 Å². The van der Waals surface area contributed by atoms with Gasteiger partial charge in [0.1, 0.15) is 0 Å². The number of nitrogens with one attached hydrogen (secondary N) is 1. The number of H-pyrrole nitrogens is 1. The van der Waals surface area contributed by atoms with Gasteiger partial charge in [0.2, 0.25) is 0 Å². The number of ether oxygens (including phenoxy) is 1. The molecule has 1 aliphatic heterocycles. The fourth-order valence-electron chi connectivity index (χ4n) is 3.11. The maximum Gasteiger partial charge on any atom is 0.328 e. The van der Waals surface area contributed by atoms with Gasteiger partial charge in [0.05, 0.1) is 18.4 Å². The van der Waals surface area contributed by atoms with Gasteiger partial charge in [-0.15, -0.1) is 0 Å². The molecule has 3 heterocycles. The molecule has 7 heteroatoms. The van der Waals surface area contributed by atoms with Crippen molar-refractivity contribution in [2.75, 3.05) is 19.6 Å². The van der Waals surface area contributed by atoms with E-state index in [0.717, 1.165) is 42.7 Å². The molecule has 0 radical (unpaired) electrons. The molecule has 1 unspecified atom stereocenters. The lowest BCUT2D eigenvalue weighted by Crippen LogP contribution is -2.41. The number of rotatable bonds is 6. The fourth-order valence-corrected chi connectivity index (χ4v) is 3.11. The smallest absolute Gasteiger partial charge is 0.328 e. The average molecular weight is 344 g/mol. The molecule has 7 nitrogen and oxygen atoms in total. The third-order valence-electron chi connectivity index (χ3n) is 4.61. The number of aromatic amines is 1. The molecule has 3 rings (SSSR count). The Morgan fingerprint density at radius 1 is 1.36 bits per heavy atom. The molecule has 0 saturated carbocycles. The lowest BCUT2D eigenvalue weighted by atomic mass is 10.1. The zero-order valence-corrected chi connectivity index (χ0v) is 14.5. The summed E-state index contributed by atoms with van der Waals surface area (Å²) in [4.78, 5) is 32.7. The summed E-state index contributed by atoms with van der Waals surface area (Å²) in [5, 5.41) is 0. The Labute approximate surface area is 146 Å². The predicted octanol–water partition coefficient (Wildman–Crippen LogP) is 0.692. The molecule has 0 aromatic carbocycles. The van der Waals surface area contributed by atoms with E-state index in [-0.39, 0.29) is 17.4 Å². The van der Waals surface area contributed by atoms with Gasteiger partial charge < -0.3 is 14.6 Å². The van der Waals surface area contributed by atoms with Crippen molar-refractivity contribution in [2.24, 2.45) is 7.05 Å². The number of hydrogen-bond acceptors (Lipinski definition) is 5. The monoisotopic (exact) mass is 344 g/mol. The van der Waals surface area contributed by atoms with Crippen LogP contribution < -0.4 is 11.2 Å². The highest BCUT2D eigenvalue weighted by molar-refractivity contribution is 5.05. The molecule has 0 spiro atoms. The summed E-state index contributed by atoms with van der Waals surface area (Å²) in [5.74, 6) is 0. The van der Waals surface area contributed by atoms with Crippen LogP contribution >= 0.6 is 0 Å². The van der Waals surface area contributed by atoms with E-state index in [1.807, 2.05) is 18.2 Å². The molecule has 2 aromatic heterocycles. The van der Waals surface area contributed by atoms with Gasteiger partial charge >= 0.3 is 5.69 Å². The first-order valence-corrected chi connectivity index (χ1v) is 8.65. The zero-order valence-electron chi connectivity index (χ0n) is 14.5. The number of likely N-dealkylation sites (tertiary alicyclic amines) is 1. The van der Waals surface area contributed by atoms with Crippen molar-refractivity contribution in [1.82, 2.24) is 19.4 Å². The second-order valence-electron chi connectivity index (χ2n) is 6.43. The minimum Gasteiger partial charge on any atom is -0.371 e. The van der Waals surface area contributed by atoms with Gasteiger partial charge in [0.15, 0.2) is 0 Å². The standard InChI is InChI=1S/C18H24N4O3/c1-21-17(23)14(11-20-18(21)24)7-10-22-9-4-6-16(12-22)25-13-15-5-2-3-8-19-15/h2-3,5,8,11,16H,4,6-7,9-10,12-13H2,1H3,(H,20,24). The summed E-state index contributed by atoms with van der Waals surface area (Å²) in [5.41, 5.74) is 0.980. The van der Waals surface area contributed by atoms with E-state index in [9.17, 15) is 9.59 Å². The average Bonchev–Trinajstić information content (AvgIpc) is 2.65. The quantitative estimate of drug-likeness (QED) is 0.834. The summed E-state index contributed by atoms with van der Waals surface area (Å²) in [6.07, 6.45) is 6.24. The first-order valence-electron chi connectivity index (χ1n) is 8.65. The zero-order chi connectivity index (χ0) is 17.6. The largest absolute Gasteiger partial charge is 0.371 e. The Morgan fingerprint density at radius 3 is 3.04 bits per heavy atom. The third-order valence-corrected chi connectivity index (χ3v) is 4.61. The maximum absolute atomic E-state index is 12.1. The van der Waals surface area contributed by atoms with Gasteiger partial charge in [-0.3, -0.25) is 14.3 Å². The molecule has 1 atom stereocenters. The summed E-state index contributed by atoms with van der Waals surface area (Å²) in [6, 6.07) is 5.82. The van der Waals surface area contributed by atoms with E-state index in [4.69, 9.17) is 4.74 Å². The van der Waals surface area contributed by atoms with Crippen molar-refractivity contribution in [3.8, 4) is 0 Å². The minimum atomic E-state index is -0.380.